The maximum absolute atomic E-state index is 10.2. The summed E-state index contributed by atoms with van der Waals surface area (Å²) in [5.74, 6) is 0. The van der Waals surface area contributed by atoms with Crippen LogP contribution in [0.2, 0.25) is 0 Å². The molecule has 0 aliphatic carbocycles. The molecule has 0 radical (unpaired) electrons. The molecule has 0 heterocycles. The van der Waals surface area contributed by atoms with Crippen molar-refractivity contribution in [3.8, 4) is 0 Å². The minimum Gasteiger partial charge on any atom is -0.333 e. The minimum atomic E-state index is -0.907. The smallest absolute Gasteiger partial charge is 0.333 e. The predicted molar refractivity (Wildman–Crippen MR) is 49.3 cm³/mol. The SMILES string of the molecule is C/C(=N\OC(N)=O)c1ccccc1. The van der Waals surface area contributed by atoms with Gasteiger partial charge in [0.25, 0.3) is 0 Å². The number of carbonyl (C=O) groups excluding carboxylic acids is 1. The van der Waals surface area contributed by atoms with E-state index >= 15 is 0 Å². The molecule has 0 saturated heterocycles. The fraction of sp³-hybridized carbons (Fsp3) is 0.111. The van der Waals surface area contributed by atoms with Gasteiger partial charge in [0.2, 0.25) is 0 Å². The average Bonchev–Trinajstić information content (AvgIpc) is 2.15. The molecule has 13 heavy (non-hydrogen) atoms. The van der Waals surface area contributed by atoms with Crippen LogP contribution in [0.4, 0.5) is 4.79 Å². The molecule has 2 N–H and O–H groups in total. The van der Waals surface area contributed by atoms with E-state index in [2.05, 4.69) is 9.99 Å². The van der Waals surface area contributed by atoms with Crippen LogP contribution in [0.1, 0.15) is 12.5 Å². The summed E-state index contributed by atoms with van der Waals surface area (Å²) in [4.78, 5) is 14.5. The lowest BCUT2D eigenvalue weighted by molar-refractivity contribution is 0.161. The minimum absolute atomic E-state index is 0.611. The highest BCUT2D eigenvalue weighted by Crippen LogP contribution is 2.00. The Balaban J connectivity index is 2.73. The highest BCUT2D eigenvalue weighted by atomic mass is 16.7. The number of oxime groups is 1. The number of hydrogen-bond acceptors (Lipinski definition) is 3. The lowest BCUT2D eigenvalue weighted by atomic mass is 10.1. The van der Waals surface area contributed by atoms with E-state index in [0.717, 1.165) is 5.56 Å². The second kappa shape index (κ2) is 4.25. The van der Waals surface area contributed by atoms with Gasteiger partial charge in [0, 0.05) is 0 Å². The molecule has 0 bridgehead atoms. The first-order valence-electron chi connectivity index (χ1n) is 3.76. The van der Waals surface area contributed by atoms with Gasteiger partial charge in [-0.15, -0.1) is 0 Å². The van der Waals surface area contributed by atoms with Gasteiger partial charge < -0.3 is 5.73 Å². The molecule has 0 aliphatic rings. The molecule has 1 amide bonds. The van der Waals surface area contributed by atoms with Gasteiger partial charge in [-0.25, -0.2) is 4.79 Å². The third kappa shape index (κ3) is 2.94. The van der Waals surface area contributed by atoms with Gasteiger partial charge in [-0.2, -0.15) is 0 Å². The summed E-state index contributed by atoms with van der Waals surface area (Å²) >= 11 is 0. The fourth-order valence-corrected chi connectivity index (χ4v) is 0.846. The van der Waals surface area contributed by atoms with Crippen LogP contribution in [0.3, 0.4) is 0 Å². The fourth-order valence-electron chi connectivity index (χ4n) is 0.846. The van der Waals surface area contributed by atoms with Gasteiger partial charge in [-0.1, -0.05) is 35.5 Å². The van der Waals surface area contributed by atoms with Crippen molar-refractivity contribution >= 4 is 11.8 Å². The molecule has 0 aliphatic heterocycles. The first kappa shape index (κ1) is 9.25. The molecule has 4 nitrogen and oxygen atoms in total. The average molecular weight is 178 g/mol. The van der Waals surface area contributed by atoms with Crippen molar-refractivity contribution in [2.75, 3.05) is 0 Å². The zero-order valence-electron chi connectivity index (χ0n) is 7.23. The highest BCUT2D eigenvalue weighted by Gasteiger charge is 1.97. The van der Waals surface area contributed by atoms with Crippen molar-refractivity contribution in [1.82, 2.24) is 0 Å². The first-order chi connectivity index (χ1) is 6.20. The van der Waals surface area contributed by atoms with Crippen LogP contribution in [-0.4, -0.2) is 11.8 Å². The second-order valence-electron chi connectivity index (χ2n) is 2.45. The highest BCUT2D eigenvalue weighted by molar-refractivity contribution is 5.98. The number of primary amides is 1. The molecular formula is C9H10N2O2. The van der Waals surface area contributed by atoms with Gasteiger partial charge in [-0.05, 0) is 12.5 Å². The Bertz CT molecular complexity index is 320. The number of carbonyl (C=O) groups is 1. The van der Waals surface area contributed by atoms with E-state index in [0.29, 0.717) is 5.71 Å². The normalized spacial score (nSPS) is 11.0. The Kier molecular flexibility index (Phi) is 3.03. The van der Waals surface area contributed by atoms with Crippen LogP contribution in [0.15, 0.2) is 35.5 Å². The third-order valence-corrected chi connectivity index (χ3v) is 1.46. The van der Waals surface area contributed by atoms with Crippen molar-refractivity contribution in [3.05, 3.63) is 35.9 Å². The second-order valence-corrected chi connectivity index (χ2v) is 2.45. The van der Waals surface area contributed by atoms with E-state index < -0.39 is 6.09 Å². The van der Waals surface area contributed by atoms with Crippen molar-refractivity contribution in [2.45, 2.75) is 6.92 Å². The van der Waals surface area contributed by atoms with Crippen molar-refractivity contribution in [1.29, 1.82) is 0 Å². The molecule has 1 aromatic rings. The Hall–Kier alpha value is -1.84. The van der Waals surface area contributed by atoms with E-state index in [1.807, 2.05) is 30.3 Å². The number of benzene rings is 1. The molecule has 0 unspecified atom stereocenters. The van der Waals surface area contributed by atoms with Crippen LogP contribution in [0, 0.1) is 0 Å². The number of hydrogen-bond donors (Lipinski definition) is 1. The van der Waals surface area contributed by atoms with Gasteiger partial charge in [0.1, 0.15) is 0 Å². The monoisotopic (exact) mass is 178 g/mol. The van der Waals surface area contributed by atoms with E-state index in [-0.39, 0.29) is 0 Å². The Morgan fingerprint density at radius 3 is 2.54 bits per heavy atom. The maximum Gasteiger partial charge on any atom is 0.430 e. The van der Waals surface area contributed by atoms with Crippen molar-refractivity contribution in [3.63, 3.8) is 0 Å². The molecule has 1 aromatic carbocycles. The number of rotatable bonds is 2. The van der Waals surface area contributed by atoms with E-state index in [1.165, 1.54) is 0 Å². The summed E-state index contributed by atoms with van der Waals surface area (Å²) in [5.41, 5.74) is 6.25. The zero-order valence-corrected chi connectivity index (χ0v) is 7.23. The number of amides is 1. The largest absolute Gasteiger partial charge is 0.430 e. The first-order valence-corrected chi connectivity index (χ1v) is 3.76. The van der Waals surface area contributed by atoms with E-state index in [1.54, 1.807) is 6.92 Å². The predicted octanol–water partition coefficient (Wildman–Crippen LogP) is 1.51. The molecular weight excluding hydrogens is 168 g/mol. The Morgan fingerprint density at radius 1 is 1.38 bits per heavy atom. The molecule has 0 aromatic heterocycles. The zero-order chi connectivity index (χ0) is 9.68. The molecule has 0 spiro atoms. The van der Waals surface area contributed by atoms with Crippen LogP contribution >= 0.6 is 0 Å². The van der Waals surface area contributed by atoms with Gasteiger partial charge in [0.15, 0.2) is 0 Å². The standard InChI is InChI=1S/C9H10N2O2/c1-7(11-13-9(10)12)8-5-3-2-4-6-8/h2-6H,1H3,(H2,10,12)/b11-7+. The molecule has 1 rings (SSSR count). The van der Waals surface area contributed by atoms with E-state index in [9.17, 15) is 4.79 Å². The topological polar surface area (TPSA) is 64.7 Å². The van der Waals surface area contributed by atoms with Crippen molar-refractivity contribution in [2.24, 2.45) is 10.9 Å². The Morgan fingerprint density at radius 2 is 2.00 bits per heavy atom. The molecule has 0 atom stereocenters. The van der Waals surface area contributed by atoms with Crippen LogP contribution in [-0.2, 0) is 4.84 Å². The van der Waals surface area contributed by atoms with Crippen molar-refractivity contribution < 1.29 is 9.63 Å². The summed E-state index contributed by atoms with van der Waals surface area (Å²) in [5, 5.41) is 3.54. The number of nitrogens with zero attached hydrogens (tertiary/aromatic N) is 1. The summed E-state index contributed by atoms with van der Waals surface area (Å²) in [6.07, 6.45) is -0.907. The van der Waals surface area contributed by atoms with Crippen LogP contribution < -0.4 is 5.73 Å². The maximum atomic E-state index is 10.2. The lowest BCUT2D eigenvalue weighted by Crippen LogP contribution is -2.10. The van der Waals surface area contributed by atoms with E-state index in [4.69, 9.17) is 5.73 Å². The quantitative estimate of drug-likeness (QED) is 0.423. The molecule has 4 heteroatoms. The summed E-state index contributed by atoms with van der Waals surface area (Å²) < 4.78 is 0. The van der Waals surface area contributed by atoms with Gasteiger partial charge >= 0.3 is 6.09 Å². The molecule has 0 fully saturated rings. The lowest BCUT2D eigenvalue weighted by Gasteiger charge is -1.97. The summed E-state index contributed by atoms with van der Waals surface area (Å²) in [6, 6.07) is 9.37. The third-order valence-electron chi connectivity index (χ3n) is 1.46. The van der Waals surface area contributed by atoms with Gasteiger partial charge in [-0.3, -0.25) is 4.84 Å². The molecule has 68 valence electrons. The summed E-state index contributed by atoms with van der Waals surface area (Å²) in [7, 11) is 0. The van der Waals surface area contributed by atoms with Crippen LogP contribution in [0.25, 0.3) is 0 Å². The Labute approximate surface area is 76.0 Å². The van der Waals surface area contributed by atoms with Gasteiger partial charge in [0.05, 0.1) is 5.71 Å². The van der Waals surface area contributed by atoms with Crippen LogP contribution in [0.5, 0.6) is 0 Å². The summed E-state index contributed by atoms with van der Waals surface area (Å²) in [6.45, 7) is 1.73. The number of nitrogens with two attached hydrogens (primary N) is 1. The molecule has 0 saturated carbocycles.